The molecule has 1 aromatic carbocycles. The summed E-state index contributed by atoms with van der Waals surface area (Å²) in [4.78, 5) is 7.23. The maximum Gasteiger partial charge on any atom is 0.217 e. The lowest BCUT2D eigenvalue weighted by atomic mass is 9.69. The van der Waals surface area contributed by atoms with Crippen LogP contribution in [0.5, 0.6) is 5.88 Å². The Bertz CT molecular complexity index is 766. The minimum atomic E-state index is -0.0517. The van der Waals surface area contributed by atoms with Crippen molar-refractivity contribution in [2.45, 2.75) is 44.4 Å². The van der Waals surface area contributed by atoms with Crippen molar-refractivity contribution >= 4 is 5.69 Å². The molecular formula is C21H25N3O. The zero-order valence-corrected chi connectivity index (χ0v) is 14.7. The summed E-state index contributed by atoms with van der Waals surface area (Å²) < 4.78 is 6.52. The van der Waals surface area contributed by atoms with Crippen molar-refractivity contribution in [3.63, 3.8) is 0 Å². The molecule has 2 atom stereocenters. The fourth-order valence-electron chi connectivity index (χ4n) is 5.01. The van der Waals surface area contributed by atoms with Gasteiger partial charge in [0, 0.05) is 30.5 Å². The topological polar surface area (TPSA) is 37.4 Å². The monoisotopic (exact) mass is 335 g/mol. The highest BCUT2D eigenvalue weighted by Crippen LogP contribution is 2.49. The predicted octanol–water partition coefficient (Wildman–Crippen LogP) is 3.48. The van der Waals surface area contributed by atoms with Crippen molar-refractivity contribution in [1.82, 2.24) is 9.88 Å². The number of hydrogen-bond acceptors (Lipinski definition) is 4. The number of aromatic nitrogens is 1. The first-order valence-electron chi connectivity index (χ1n) is 9.44. The number of fused-ring (bicyclic) bond motifs is 3. The molecule has 0 amide bonds. The van der Waals surface area contributed by atoms with Crippen LogP contribution in [-0.4, -0.2) is 34.6 Å². The first-order valence-corrected chi connectivity index (χ1v) is 9.44. The molecule has 3 fully saturated rings. The van der Waals surface area contributed by atoms with Gasteiger partial charge in [0.15, 0.2) is 0 Å². The minimum Gasteiger partial charge on any atom is -0.469 e. The molecular weight excluding hydrogens is 310 g/mol. The van der Waals surface area contributed by atoms with Crippen molar-refractivity contribution in [1.29, 1.82) is 0 Å². The summed E-state index contributed by atoms with van der Waals surface area (Å²) in [7, 11) is 0. The van der Waals surface area contributed by atoms with Gasteiger partial charge in [-0.2, -0.15) is 0 Å². The first-order chi connectivity index (χ1) is 12.2. The van der Waals surface area contributed by atoms with Gasteiger partial charge in [0.25, 0.3) is 0 Å². The molecule has 0 saturated carbocycles. The van der Waals surface area contributed by atoms with Crippen molar-refractivity contribution in [3.05, 3.63) is 53.7 Å². The van der Waals surface area contributed by atoms with Crippen LogP contribution in [0.4, 0.5) is 5.69 Å². The smallest absolute Gasteiger partial charge is 0.217 e. The van der Waals surface area contributed by atoms with Crippen LogP contribution in [0.25, 0.3) is 0 Å². The lowest BCUT2D eigenvalue weighted by Crippen LogP contribution is -2.66. The zero-order valence-electron chi connectivity index (χ0n) is 14.7. The van der Waals surface area contributed by atoms with Crippen molar-refractivity contribution in [2.75, 3.05) is 18.4 Å². The molecule has 130 valence electrons. The average molecular weight is 335 g/mol. The molecule has 3 saturated heterocycles. The summed E-state index contributed by atoms with van der Waals surface area (Å²) in [5, 5.41) is 3.50. The van der Waals surface area contributed by atoms with Gasteiger partial charge in [-0.15, -0.1) is 0 Å². The summed E-state index contributed by atoms with van der Waals surface area (Å²) in [5.41, 5.74) is 3.57. The van der Waals surface area contributed by atoms with Crippen LogP contribution < -0.4 is 10.1 Å². The molecule has 1 spiro atoms. The number of ether oxygens (including phenoxy) is 1. The van der Waals surface area contributed by atoms with Gasteiger partial charge in [-0.1, -0.05) is 30.3 Å². The van der Waals surface area contributed by atoms with E-state index >= 15 is 0 Å². The quantitative estimate of drug-likeness (QED) is 0.932. The molecule has 1 N–H and O–H groups in total. The van der Waals surface area contributed by atoms with Crippen molar-refractivity contribution in [2.24, 2.45) is 5.92 Å². The largest absolute Gasteiger partial charge is 0.469 e. The van der Waals surface area contributed by atoms with E-state index in [9.17, 15) is 0 Å². The third-order valence-corrected chi connectivity index (χ3v) is 6.49. The molecule has 4 nitrogen and oxygen atoms in total. The Morgan fingerprint density at radius 3 is 2.80 bits per heavy atom. The van der Waals surface area contributed by atoms with Gasteiger partial charge in [-0.25, -0.2) is 4.98 Å². The lowest BCUT2D eigenvalue weighted by Gasteiger charge is -2.55. The highest BCUT2D eigenvalue weighted by atomic mass is 16.5. The van der Waals surface area contributed by atoms with Gasteiger partial charge >= 0.3 is 0 Å². The Labute approximate surface area is 149 Å². The second-order valence-electron chi connectivity index (χ2n) is 7.75. The Hall–Kier alpha value is -2.07. The van der Waals surface area contributed by atoms with E-state index in [0.29, 0.717) is 12.0 Å². The van der Waals surface area contributed by atoms with Gasteiger partial charge < -0.3 is 10.1 Å². The van der Waals surface area contributed by atoms with Gasteiger partial charge in [0.2, 0.25) is 5.88 Å². The van der Waals surface area contributed by atoms with Crippen molar-refractivity contribution in [3.8, 4) is 5.88 Å². The molecule has 6 rings (SSSR count). The van der Waals surface area contributed by atoms with Crippen LogP contribution in [0.2, 0.25) is 0 Å². The van der Waals surface area contributed by atoms with Gasteiger partial charge in [0.05, 0.1) is 11.9 Å². The maximum absolute atomic E-state index is 6.52. The fraction of sp³-hybridized carbons (Fsp3) is 0.476. The molecule has 2 aromatic rings. The zero-order chi connectivity index (χ0) is 16.9. The predicted molar refractivity (Wildman–Crippen MR) is 98.8 cm³/mol. The lowest BCUT2D eigenvalue weighted by molar-refractivity contribution is -0.121. The Balaban J connectivity index is 1.35. The minimum absolute atomic E-state index is 0.0517. The Morgan fingerprint density at radius 1 is 1.24 bits per heavy atom. The molecule has 4 aliphatic rings. The van der Waals surface area contributed by atoms with E-state index in [4.69, 9.17) is 4.74 Å². The van der Waals surface area contributed by atoms with Gasteiger partial charge in [-0.3, -0.25) is 4.90 Å². The van der Waals surface area contributed by atoms with Crippen LogP contribution in [0, 0.1) is 5.92 Å². The highest BCUT2D eigenvalue weighted by molar-refractivity contribution is 5.49. The summed E-state index contributed by atoms with van der Waals surface area (Å²) in [6, 6.07) is 13.2. The molecule has 0 aliphatic carbocycles. The molecule has 5 heterocycles. The number of rotatable bonds is 3. The van der Waals surface area contributed by atoms with E-state index in [1.54, 1.807) is 0 Å². The van der Waals surface area contributed by atoms with E-state index in [1.807, 2.05) is 12.3 Å². The molecule has 2 bridgehead atoms. The summed E-state index contributed by atoms with van der Waals surface area (Å²) >= 11 is 0. The average Bonchev–Trinajstić information content (AvgIpc) is 3.04. The van der Waals surface area contributed by atoms with Crippen LogP contribution in [0.3, 0.4) is 0 Å². The number of anilines is 1. The normalized spacial score (nSPS) is 32.4. The Morgan fingerprint density at radius 2 is 2.04 bits per heavy atom. The van der Waals surface area contributed by atoms with Crippen molar-refractivity contribution < 1.29 is 4.74 Å². The number of pyridine rings is 1. The van der Waals surface area contributed by atoms with E-state index < -0.39 is 0 Å². The fourth-order valence-corrected chi connectivity index (χ4v) is 5.01. The summed E-state index contributed by atoms with van der Waals surface area (Å²) in [5.74, 6) is 1.52. The number of nitrogens with one attached hydrogen (secondary N) is 1. The Kier molecular flexibility index (Phi) is 3.49. The molecule has 0 radical (unpaired) electrons. The number of hydrogen-bond donors (Lipinski definition) is 1. The third kappa shape index (κ3) is 2.43. The first kappa shape index (κ1) is 15.2. The van der Waals surface area contributed by atoms with E-state index in [2.05, 4.69) is 52.5 Å². The number of benzene rings is 1. The molecule has 2 unspecified atom stereocenters. The molecule has 4 heteroatoms. The van der Waals surface area contributed by atoms with E-state index in [0.717, 1.165) is 24.5 Å². The second kappa shape index (κ2) is 5.73. The highest BCUT2D eigenvalue weighted by Gasteiger charge is 2.56. The third-order valence-electron chi connectivity index (χ3n) is 6.49. The SMILES string of the molecule is CC1N2CCC(CC2)C12Cc1cc(NCc3ccccc3)cnc1O2. The van der Waals surface area contributed by atoms with E-state index in [1.165, 1.54) is 37.1 Å². The van der Waals surface area contributed by atoms with Crippen LogP contribution >= 0.6 is 0 Å². The second-order valence-corrected chi connectivity index (χ2v) is 7.75. The molecule has 4 aliphatic heterocycles. The van der Waals surface area contributed by atoms with Gasteiger partial charge in [-0.05, 0) is 44.5 Å². The number of piperidine rings is 3. The van der Waals surface area contributed by atoms with Gasteiger partial charge in [0.1, 0.15) is 5.60 Å². The summed E-state index contributed by atoms with van der Waals surface area (Å²) in [6.45, 7) is 5.61. The van der Waals surface area contributed by atoms with Crippen LogP contribution in [0.15, 0.2) is 42.6 Å². The maximum atomic E-state index is 6.52. The molecule has 25 heavy (non-hydrogen) atoms. The van der Waals surface area contributed by atoms with E-state index in [-0.39, 0.29) is 5.60 Å². The van der Waals surface area contributed by atoms with Crippen LogP contribution in [0.1, 0.15) is 30.9 Å². The standard InChI is InChI=1S/C21H25N3O/c1-15-21(18-7-9-24(15)10-8-18)12-17-11-19(14-23-20(17)25-21)22-13-16-5-3-2-4-6-16/h2-6,11,14-15,18,22H,7-10,12-13H2,1H3. The number of nitrogens with zero attached hydrogens (tertiary/aromatic N) is 2. The van der Waals surface area contributed by atoms with Crippen LogP contribution in [-0.2, 0) is 13.0 Å². The molecule has 1 aromatic heterocycles. The summed E-state index contributed by atoms with van der Waals surface area (Å²) in [6.07, 6.45) is 5.43.